The maximum absolute atomic E-state index is 11.9. The predicted octanol–water partition coefficient (Wildman–Crippen LogP) is 1.67. The van der Waals surface area contributed by atoms with Crippen LogP contribution in [0, 0.1) is 5.92 Å². The van der Waals surface area contributed by atoms with E-state index < -0.39 is 15.9 Å². The van der Waals surface area contributed by atoms with Gasteiger partial charge in [-0.25, -0.2) is 8.42 Å². The van der Waals surface area contributed by atoms with Gasteiger partial charge >= 0.3 is 0 Å². The van der Waals surface area contributed by atoms with Crippen molar-refractivity contribution in [3.05, 3.63) is 29.8 Å². The fourth-order valence-electron chi connectivity index (χ4n) is 1.70. The normalized spacial score (nSPS) is 14.2. The second-order valence-corrected chi connectivity index (χ2v) is 7.36. The number of carbonyl (C=O) groups is 1. The Kier molecular flexibility index (Phi) is 7.36. The average molecular weight is 335 g/mol. The van der Waals surface area contributed by atoms with Crippen LogP contribution in [-0.4, -0.2) is 26.6 Å². The molecule has 2 atom stereocenters. The second kappa shape index (κ2) is 7.77. The molecule has 7 heteroatoms. The lowest BCUT2D eigenvalue weighted by Crippen LogP contribution is -2.44. The first-order chi connectivity index (χ1) is 9.12. The Morgan fingerprint density at radius 1 is 1.14 bits per heavy atom. The smallest absolute Gasteiger partial charge is 0.237 e. The maximum Gasteiger partial charge on any atom is 0.237 e. The third-order valence-corrected chi connectivity index (χ3v) is 4.32. The summed E-state index contributed by atoms with van der Waals surface area (Å²) in [5.74, 6) is -0.144. The summed E-state index contributed by atoms with van der Waals surface area (Å²) >= 11 is 0. The highest BCUT2D eigenvalue weighted by molar-refractivity contribution is 7.90. The molecule has 1 aromatic rings. The van der Waals surface area contributed by atoms with Crippen molar-refractivity contribution in [1.29, 1.82) is 0 Å². The molecule has 0 aliphatic carbocycles. The molecule has 1 aromatic carbocycles. The first-order valence-electron chi connectivity index (χ1n) is 6.49. The topological polar surface area (TPSA) is 89.3 Å². The number of nitrogens with two attached hydrogens (primary N) is 1. The van der Waals surface area contributed by atoms with Crippen LogP contribution in [0.25, 0.3) is 0 Å². The molecule has 0 aliphatic rings. The third kappa shape index (κ3) is 5.65. The Labute approximate surface area is 132 Å². The van der Waals surface area contributed by atoms with E-state index in [2.05, 4.69) is 5.32 Å². The van der Waals surface area contributed by atoms with Gasteiger partial charge in [0.25, 0.3) is 0 Å². The second-order valence-electron chi connectivity index (χ2n) is 5.34. The van der Waals surface area contributed by atoms with E-state index in [9.17, 15) is 13.2 Å². The molecule has 0 radical (unpaired) electrons. The van der Waals surface area contributed by atoms with Crippen molar-refractivity contribution in [3.8, 4) is 0 Å². The largest absolute Gasteiger partial charge is 0.348 e. The molecule has 0 bridgehead atoms. The van der Waals surface area contributed by atoms with Gasteiger partial charge in [0, 0.05) is 6.26 Å². The molecule has 0 saturated carbocycles. The van der Waals surface area contributed by atoms with Crippen molar-refractivity contribution < 1.29 is 13.2 Å². The first-order valence-corrected chi connectivity index (χ1v) is 8.38. The van der Waals surface area contributed by atoms with E-state index >= 15 is 0 Å². The summed E-state index contributed by atoms with van der Waals surface area (Å²) in [4.78, 5) is 12.1. The van der Waals surface area contributed by atoms with Crippen molar-refractivity contribution in [1.82, 2.24) is 5.32 Å². The maximum atomic E-state index is 11.9. The number of hydrogen-bond donors (Lipinski definition) is 2. The number of nitrogens with one attached hydrogen (secondary N) is 1. The van der Waals surface area contributed by atoms with Gasteiger partial charge in [-0.1, -0.05) is 26.0 Å². The van der Waals surface area contributed by atoms with E-state index in [-0.39, 0.29) is 35.2 Å². The van der Waals surface area contributed by atoms with Gasteiger partial charge < -0.3 is 11.1 Å². The van der Waals surface area contributed by atoms with Crippen molar-refractivity contribution in [3.63, 3.8) is 0 Å². The van der Waals surface area contributed by atoms with Crippen LogP contribution in [0.2, 0.25) is 0 Å². The van der Waals surface area contributed by atoms with Gasteiger partial charge in [0.2, 0.25) is 5.91 Å². The minimum Gasteiger partial charge on any atom is -0.348 e. The molecule has 5 nitrogen and oxygen atoms in total. The molecule has 21 heavy (non-hydrogen) atoms. The minimum absolute atomic E-state index is 0. The summed E-state index contributed by atoms with van der Waals surface area (Å²) in [5, 5.41) is 2.82. The van der Waals surface area contributed by atoms with Gasteiger partial charge in [0.15, 0.2) is 9.84 Å². The summed E-state index contributed by atoms with van der Waals surface area (Å²) < 4.78 is 22.7. The Hall–Kier alpha value is -1.11. The zero-order valence-corrected chi connectivity index (χ0v) is 14.3. The van der Waals surface area contributed by atoms with Gasteiger partial charge in [-0.05, 0) is 30.5 Å². The van der Waals surface area contributed by atoms with E-state index in [1.807, 2.05) is 20.8 Å². The van der Waals surface area contributed by atoms with E-state index in [1.165, 1.54) is 12.1 Å². The van der Waals surface area contributed by atoms with Gasteiger partial charge in [0.1, 0.15) is 0 Å². The molecular formula is C14H23ClN2O3S. The van der Waals surface area contributed by atoms with Crippen LogP contribution in [0.15, 0.2) is 29.2 Å². The molecule has 0 aromatic heterocycles. The fourth-order valence-corrected chi connectivity index (χ4v) is 2.33. The molecular weight excluding hydrogens is 312 g/mol. The van der Waals surface area contributed by atoms with E-state index in [1.54, 1.807) is 12.1 Å². The molecule has 3 N–H and O–H groups in total. The summed E-state index contributed by atoms with van der Waals surface area (Å²) in [6.07, 6.45) is 1.16. The van der Waals surface area contributed by atoms with Crippen LogP contribution in [-0.2, 0) is 14.6 Å². The number of carbonyl (C=O) groups excluding carboxylic acids is 1. The minimum atomic E-state index is -3.20. The molecule has 0 heterocycles. The molecule has 1 amide bonds. The molecule has 0 spiro atoms. The average Bonchev–Trinajstić information content (AvgIpc) is 2.36. The van der Waals surface area contributed by atoms with Crippen LogP contribution in [0.4, 0.5) is 0 Å². The number of benzene rings is 1. The van der Waals surface area contributed by atoms with E-state index in [4.69, 9.17) is 5.73 Å². The number of sulfone groups is 1. The highest BCUT2D eigenvalue weighted by Gasteiger charge is 2.19. The van der Waals surface area contributed by atoms with E-state index in [0.29, 0.717) is 0 Å². The quantitative estimate of drug-likeness (QED) is 0.857. The van der Waals surface area contributed by atoms with E-state index in [0.717, 1.165) is 11.8 Å². The Morgan fingerprint density at radius 3 is 2.00 bits per heavy atom. The number of halogens is 1. The van der Waals surface area contributed by atoms with Gasteiger partial charge in [-0.15, -0.1) is 12.4 Å². The first kappa shape index (κ1) is 19.9. The third-order valence-electron chi connectivity index (χ3n) is 3.19. The molecule has 0 fully saturated rings. The number of rotatable bonds is 5. The summed E-state index contributed by atoms with van der Waals surface area (Å²) in [7, 11) is -3.20. The zero-order chi connectivity index (χ0) is 15.5. The highest BCUT2D eigenvalue weighted by Crippen LogP contribution is 2.16. The fraction of sp³-hybridized carbons (Fsp3) is 0.500. The van der Waals surface area contributed by atoms with Crippen LogP contribution >= 0.6 is 12.4 Å². The van der Waals surface area contributed by atoms with Crippen molar-refractivity contribution in [2.75, 3.05) is 6.26 Å². The summed E-state index contributed by atoms with van der Waals surface area (Å²) in [6.45, 7) is 5.60. The molecule has 0 saturated heterocycles. The van der Waals surface area contributed by atoms with Crippen LogP contribution < -0.4 is 11.1 Å². The van der Waals surface area contributed by atoms with Crippen molar-refractivity contribution in [2.45, 2.75) is 37.8 Å². The highest BCUT2D eigenvalue weighted by atomic mass is 35.5. The van der Waals surface area contributed by atoms with Crippen LogP contribution in [0.5, 0.6) is 0 Å². The van der Waals surface area contributed by atoms with Crippen LogP contribution in [0.1, 0.15) is 32.4 Å². The SMILES string of the molecule is CC(NC(=O)[C@@H](N)C(C)C)c1ccc(S(C)(=O)=O)cc1.Cl. The lowest BCUT2D eigenvalue weighted by molar-refractivity contribution is -0.123. The lowest BCUT2D eigenvalue weighted by atomic mass is 10.0. The Morgan fingerprint density at radius 2 is 1.62 bits per heavy atom. The summed E-state index contributed by atoms with van der Waals surface area (Å²) in [6, 6.07) is 5.70. The van der Waals surface area contributed by atoms with Gasteiger partial charge in [-0.2, -0.15) is 0 Å². The molecule has 1 rings (SSSR count). The molecule has 120 valence electrons. The lowest BCUT2D eigenvalue weighted by Gasteiger charge is -2.20. The molecule has 0 aliphatic heterocycles. The monoisotopic (exact) mass is 334 g/mol. The Balaban J connectivity index is 0.00000400. The predicted molar refractivity (Wildman–Crippen MR) is 86.2 cm³/mol. The van der Waals surface area contributed by atoms with Gasteiger partial charge in [-0.3, -0.25) is 4.79 Å². The summed E-state index contributed by atoms with van der Waals surface area (Å²) in [5.41, 5.74) is 6.61. The number of hydrogen-bond acceptors (Lipinski definition) is 4. The van der Waals surface area contributed by atoms with Crippen molar-refractivity contribution in [2.24, 2.45) is 11.7 Å². The number of amides is 1. The Bertz CT molecular complexity index is 570. The van der Waals surface area contributed by atoms with Gasteiger partial charge in [0.05, 0.1) is 17.0 Å². The molecule has 1 unspecified atom stereocenters. The standard InChI is InChI=1S/C14H22N2O3S.ClH/c1-9(2)13(15)14(17)16-10(3)11-5-7-12(8-6-11)20(4,18)19;/h5-10,13H,15H2,1-4H3,(H,16,17);1H/t10?,13-;/m0./s1. The van der Waals surface area contributed by atoms with Crippen LogP contribution in [0.3, 0.4) is 0 Å². The van der Waals surface area contributed by atoms with Crippen molar-refractivity contribution >= 4 is 28.2 Å². The zero-order valence-electron chi connectivity index (χ0n) is 12.7.